The van der Waals surface area contributed by atoms with E-state index in [9.17, 15) is 18.4 Å². The van der Waals surface area contributed by atoms with Crippen LogP contribution in [0.4, 0.5) is 14.5 Å². The topological polar surface area (TPSA) is 59.5 Å². The van der Waals surface area contributed by atoms with Crippen molar-refractivity contribution in [2.45, 2.75) is 12.8 Å². The van der Waals surface area contributed by atoms with Gasteiger partial charge in [-0.25, -0.2) is 18.6 Å². The number of halogens is 2. The molecule has 124 valence electrons. The highest BCUT2D eigenvalue weighted by Crippen LogP contribution is 2.30. The number of hydrogen-bond donors (Lipinski definition) is 0. The number of carbonyl (C=O) groups is 2. The van der Waals surface area contributed by atoms with Crippen LogP contribution < -0.4 is 4.90 Å². The van der Waals surface area contributed by atoms with Gasteiger partial charge in [-0.15, -0.1) is 0 Å². The molecule has 0 aliphatic carbocycles. The average molecular weight is 332 g/mol. The number of methoxy groups -OCH3 is 1. The van der Waals surface area contributed by atoms with Gasteiger partial charge in [0.15, 0.2) is 11.6 Å². The Morgan fingerprint density at radius 3 is 2.62 bits per heavy atom. The predicted molar refractivity (Wildman–Crippen MR) is 81.9 cm³/mol. The first-order chi connectivity index (χ1) is 11.5. The Labute approximate surface area is 136 Å². The summed E-state index contributed by atoms with van der Waals surface area (Å²) in [5, 5.41) is 0. The van der Waals surface area contributed by atoms with Crippen LogP contribution in [0, 0.1) is 11.6 Å². The fraction of sp³-hybridized carbons (Fsp3) is 0.235. The average Bonchev–Trinajstić information content (AvgIpc) is 2.61. The van der Waals surface area contributed by atoms with Crippen LogP contribution in [-0.4, -0.2) is 30.5 Å². The van der Waals surface area contributed by atoms with Gasteiger partial charge in [-0.1, -0.05) is 6.07 Å². The number of anilines is 1. The van der Waals surface area contributed by atoms with Crippen LogP contribution in [0.3, 0.4) is 0 Å². The third kappa shape index (κ3) is 2.84. The largest absolute Gasteiger partial charge is 0.464 e. The van der Waals surface area contributed by atoms with Crippen molar-refractivity contribution < 1.29 is 23.1 Å². The monoisotopic (exact) mass is 332 g/mol. The van der Waals surface area contributed by atoms with Crippen LogP contribution in [0.15, 0.2) is 30.3 Å². The summed E-state index contributed by atoms with van der Waals surface area (Å²) in [6.45, 7) is 0.362. The number of amides is 1. The molecule has 0 radical (unpaired) electrons. The highest BCUT2D eigenvalue weighted by atomic mass is 19.2. The van der Waals surface area contributed by atoms with E-state index >= 15 is 0 Å². The molecule has 5 nitrogen and oxygen atoms in total. The van der Waals surface area contributed by atoms with Crippen LogP contribution in [0.2, 0.25) is 0 Å². The molecule has 1 aliphatic heterocycles. The molecule has 0 N–H and O–H groups in total. The van der Waals surface area contributed by atoms with Gasteiger partial charge in [-0.3, -0.25) is 4.79 Å². The van der Waals surface area contributed by atoms with Gasteiger partial charge in [0.05, 0.1) is 12.8 Å². The SMILES string of the molecule is COC(=O)c1cccc(C(=O)N2CCCc3cc(F)c(F)cc32)n1. The number of pyridine rings is 1. The molecule has 1 aliphatic rings. The van der Waals surface area contributed by atoms with E-state index in [1.807, 2.05) is 0 Å². The summed E-state index contributed by atoms with van der Waals surface area (Å²) in [6, 6.07) is 6.54. The smallest absolute Gasteiger partial charge is 0.356 e. The zero-order valence-electron chi connectivity index (χ0n) is 12.9. The molecule has 0 saturated carbocycles. The number of carbonyl (C=O) groups excluding carboxylic acids is 2. The number of rotatable bonds is 2. The minimum absolute atomic E-state index is 0.00543. The first-order valence-corrected chi connectivity index (χ1v) is 7.36. The van der Waals surface area contributed by atoms with E-state index in [0.29, 0.717) is 30.6 Å². The minimum Gasteiger partial charge on any atom is -0.464 e. The maximum atomic E-state index is 13.6. The van der Waals surface area contributed by atoms with Gasteiger partial charge in [0.1, 0.15) is 11.4 Å². The quantitative estimate of drug-likeness (QED) is 0.794. The summed E-state index contributed by atoms with van der Waals surface area (Å²) < 4.78 is 31.6. The molecule has 0 fully saturated rings. The lowest BCUT2D eigenvalue weighted by Crippen LogP contribution is -2.36. The summed E-state index contributed by atoms with van der Waals surface area (Å²) in [6.07, 6.45) is 1.19. The summed E-state index contributed by atoms with van der Waals surface area (Å²) >= 11 is 0. The van der Waals surface area contributed by atoms with Crippen molar-refractivity contribution in [1.82, 2.24) is 4.98 Å². The molecule has 0 unspecified atom stereocenters. The highest BCUT2D eigenvalue weighted by molar-refractivity contribution is 6.06. The van der Waals surface area contributed by atoms with Crippen LogP contribution in [0.1, 0.15) is 33.0 Å². The summed E-state index contributed by atoms with van der Waals surface area (Å²) in [4.78, 5) is 29.6. The molecule has 2 aromatic rings. The number of fused-ring (bicyclic) bond motifs is 1. The Kier molecular flexibility index (Phi) is 4.24. The van der Waals surface area contributed by atoms with E-state index in [1.165, 1.54) is 30.2 Å². The maximum absolute atomic E-state index is 13.6. The minimum atomic E-state index is -1.01. The molecular formula is C17H14F2N2O3. The van der Waals surface area contributed by atoms with Gasteiger partial charge in [0.2, 0.25) is 0 Å². The maximum Gasteiger partial charge on any atom is 0.356 e. The first-order valence-electron chi connectivity index (χ1n) is 7.36. The van der Waals surface area contributed by atoms with Crippen LogP contribution >= 0.6 is 0 Å². The zero-order valence-corrected chi connectivity index (χ0v) is 12.9. The Bertz CT molecular complexity index is 823. The molecule has 24 heavy (non-hydrogen) atoms. The Morgan fingerprint density at radius 1 is 1.17 bits per heavy atom. The predicted octanol–water partition coefficient (Wildman–Crippen LogP) is 2.74. The second kappa shape index (κ2) is 6.35. The van der Waals surface area contributed by atoms with Gasteiger partial charge in [-0.2, -0.15) is 0 Å². The van der Waals surface area contributed by atoms with Gasteiger partial charge in [0, 0.05) is 12.6 Å². The van der Waals surface area contributed by atoms with Crippen molar-refractivity contribution in [3.05, 3.63) is 58.9 Å². The molecule has 0 atom stereocenters. The number of nitrogens with zero attached hydrogens (tertiary/aromatic N) is 2. The fourth-order valence-electron chi connectivity index (χ4n) is 2.70. The van der Waals surface area contributed by atoms with Gasteiger partial charge >= 0.3 is 5.97 Å². The highest BCUT2D eigenvalue weighted by Gasteiger charge is 2.26. The van der Waals surface area contributed by atoms with Crippen LogP contribution in [0.25, 0.3) is 0 Å². The van der Waals surface area contributed by atoms with Gasteiger partial charge in [-0.05, 0) is 36.6 Å². The summed E-state index contributed by atoms with van der Waals surface area (Å²) in [5.41, 5.74) is 0.939. The normalized spacial score (nSPS) is 13.4. The molecule has 0 saturated heterocycles. The number of aryl methyl sites for hydroxylation is 1. The number of aromatic nitrogens is 1. The Morgan fingerprint density at radius 2 is 1.88 bits per heavy atom. The van der Waals surface area contributed by atoms with E-state index < -0.39 is 23.5 Å². The van der Waals surface area contributed by atoms with Gasteiger partial charge in [0.25, 0.3) is 5.91 Å². The Hall–Kier alpha value is -2.83. The molecule has 1 amide bonds. The third-order valence-electron chi connectivity index (χ3n) is 3.85. The number of ether oxygens (including phenoxy) is 1. The van der Waals surface area contributed by atoms with Crippen molar-refractivity contribution in [1.29, 1.82) is 0 Å². The van der Waals surface area contributed by atoms with E-state index in [2.05, 4.69) is 9.72 Å². The summed E-state index contributed by atoms with van der Waals surface area (Å²) in [7, 11) is 1.22. The molecule has 2 heterocycles. The van der Waals surface area contributed by atoms with Crippen molar-refractivity contribution in [2.75, 3.05) is 18.6 Å². The summed E-state index contributed by atoms with van der Waals surface area (Å²) in [5.74, 6) is -3.08. The molecule has 1 aromatic carbocycles. The van der Waals surface area contributed by atoms with Crippen molar-refractivity contribution in [3.8, 4) is 0 Å². The Balaban J connectivity index is 1.98. The number of hydrogen-bond acceptors (Lipinski definition) is 4. The lowest BCUT2D eigenvalue weighted by atomic mass is 10.0. The zero-order chi connectivity index (χ0) is 17.3. The molecular weight excluding hydrogens is 318 g/mol. The third-order valence-corrected chi connectivity index (χ3v) is 3.85. The van der Waals surface area contributed by atoms with Gasteiger partial charge < -0.3 is 9.64 Å². The first kappa shape index (κ1) is 16.0. The lowest BCUT2D eigenvalue weighted by Gasteiger charge is -2.29. The standard InChI is InChI=1S/C17H14F2N2O3/c1-24-17(23)14-6-2-5-13(20-14)16(22)21-7-3-4-10-8-11(18)12(19)9-15(10)21/h2,5-6,8-9H,3-4,7H2,1H3. The van der Waals surface area contributed by atoms with Crippen LogP contribution in [0.5, 0.6) is 0 Å². The lowest BCUT2D eigenvalue weighted by molar-refractivity contribution is 0.0594. The van der Waals surface area contributed by atoms with Crippen molar-refractivity contribution in [3.63, 3.8) is 0 Å². The molecule has 1 aromatic heterocycles. The van der Waals surface area contributed by atoms with Crippen molar-refractivity contribution in [2.24, 2.45) is 0 Å². The van der Waals surface area contributed by atoms with Crippen LogP contribution in [-0.2, 0) is 11.2 Å². The molecule has 7 heteroatoms. The number of benzene rings is 1. The van der Waals surface area contributed by atoms with E-state index in [-0.39, 0.29) is 11.4 Å². The fourth-order valence-corrected chi connectivity index (χ4v) is 2.70. The van der Waals surface area contributed by atoms with E-state index in [0.717, 1.165) is 12.1 Å². The number of esters is 1. The second-order valence-electron chi connectivity index (χ2n) is 5.36. The molecule has 0 bridgehead atoms. The molecule has 0 spiro atoms. The van der Waals surface area contributed by atoms with Crippen molar-refractivity contribution >= 4 is 17.6 Å². The molecule has 3 rings (SSSR count). The second-order valence-corrected chi connectivity index (χ2v) is 5.36. The van der Waals surface area contributed by atoms with E-state index in [4.69, 9.17) is 0 Å². The van der Waals surface area contributed by atoms with E-state index in [1.54, 1.807) is 0 Å².